The fraction of sp³-hybridized carbons (Fsp3) is 0.684. The number of sulfonamides is 1. The first-order valence-corrected chi connectivity index (χ1v) is 19.0. The van der Waals surface area contributed by atoms with Crippen LogP contribution in [0.1, 0.15) is 0 Å². The Kier molecular flexibility index (Phi) is 10.3. The minimum Gasteiger partial charge on any atom is -0.490 e. The zero-order valence-corrected chi connectivity index (χ0v) is 22.5. The quantitative estimate of drug-likeness (QED) is 0.126. The van der Waals surface area contributed by atoms with Crippen LogP contribution in [0, 0.1) is 10.1 Å². The van der Waals surface area contributed by atoms with E-state index < -0.39 is 31.1 Å². The molecule has 1 aromatic carbocycles. The fourth-order valence-corrected chi connectivity index (χ4v) is 5.12. The maximum Gasteiger partial charge on any atom is 0.310 e. The van der Waals surface area contributed by atoms with E-state index in [1.165, 1.54) is 13.2 Å². The number of hydrogen-bond acceptors (Lipinski definition) is 7. The molecule has 31 heavy (non-hydrogen) atoms. The Balaban J connectivity index is 3.03. The topological polar surface area (TPSA) is 108 Å². The van der Waals surface area contributed by atoms with Gasteiger partial charge in [-0.05, 0) is 18.2 Å². The first kappa shape index (κ1) is 27.7. The van der Waals surface area contributed by atoms with Crippen molar-refractivity contribution in [3.63, 3.8) is 0 Å². The first-order valence-electron chi connectivity index (χ1n) is 10.2. The Labute approximate surface area is 187 Å². The minimum atomic E-state index is -4.00. The zero-order chi connectivity index (χ0) is 23.9. The van der Waals surface area contributed by atoms with Crippen LogP contribution in [0.2, 0.25) is 51.4 Å². The summed E-state index contributed by atoms with van der Waals surface area (Å²) >= 11 is 0. The van der Waals surface area contributed by atoms with E-state index in [1.54, 1.807) is 0 Å². The molecular weight excluding hydrogens is 456 g/mol. The van der Waals surface area contributed by atoms with Gasteiger partial charge < -0.3 is 14.2 Å². The highest BCUT2D eigenvalue weighted by Crippen LogP contribution is 2.30. The number of benzene rings is 1. The molecule has 0 heterocycles. The van der Waals surface area contributed by atoms with Crippen LogP contribution in [0.3, 0.4) is 0 Å². The van der Waals surface area contributed by atoms with Crippen LogP contribution in [0.25, 0.3) is 0 Å². The number of nitro groups is 1. The van der Waals surface area contributed by atoms with Crippen molar-refractivity contribution in [1.29, 1.82) is 0 Å². The summed E-state index contributed by atoms with van der Waals surface area (Å²) in [5.74, 6) is -0.120. The third-order valence-electron chi connectivity index (χ3n) is 4.45. The van der Waals surface area contributed by atoms with E-state index >= 15 is 0 Å². The predicted octanol–water partition coefficient (Wildman–Crippen LogP) is 4.22. The minimum absolute atomic E-state index is 0.113. The molecule has 1 aromatic rings. The molecule has 0 aliphatic heterocycles. The molecule has 9 nitrogen and oxygen atoms in total. The molecule has 0 fully saturated rings. The molecule has 12 heteroatoms. The van der Waals surface area contributed by atoms with E-state index in [0.29, 0.717) is 13.2 Å². The van der Waals surface area contributed by atoms with Gasteiger partial charge in [0.15, 0.2) is 5.75 Å². The monoisotopic (exact) mass is 492 g/mol. The van der Waals surface area contributed by atoms with Crippen LogP contribution in [0.4, 0.5) is 5.69 Å². The summed E-state index contributed by atoms with van der Waals surface area (Å²) in [5.41, 5.74) is -0.300. The highest BCUT2D eigenvalue weighted by molar-refractivity contribution is 7.89. The number of nitrogens with zero attached hydrogens (tertiary/aromatic N) is 2. The summed E-state index contributed by atoms with van der Waals surface area (Å²) in [4.78, 5) is 10.4. The van der Waals surface area contributed by atoms with Gasteiger partial charge in [0.05, 0.1) is 16.9 Å². The van der Waals surface area contributed by atoms with Gasteiger partial charge in [0.2, 0.25) is 10.0 Å². The Bertz CT molecular complexity index is 815. The standard InChI is InChI=1S/C19H36N2O7SSi2/c1-26-19-14-17(8-9-18(19)21(22)23)29(24,25)20(15-27-10-12-30(2,3)4)16-28-11-13-31(5,6)7/h8-9,14H,10-13,15-16H2,1-7H3. The summed E-state index contributed by atoms with van der Waals surface area (Å²) in [7, 11) is -5.39. The van der Waals surface area contributed by atoms with Gasteiger partial charge >= 0.3 is 5.69 Å². The zero-order valence-electron chi connectivity index (χ0n) is 19.6. The van der Waals surface area contributed by atoms with Crippen LogP contribution in [0.15, 0.2) is 23.1 Å². The van der Waals surface area contributed by atoms with Gasteiger partial charge in [0.25, 0.3) is 0 Å². The van der Waals surface area contributed by atoms with E-state index in [2.05, 4.69) is 39.3 Å². The van der Waals surface area contributed by atoms with Gasteiger partial charge in [0.1, 0.15) is 13.5 Å². The van der Waals surface area contributed by atoms with Crippen LogP contribution in [0.5, 0.6) is 5.75 Å². The fourth-order valence-electron chi connectivity index (χ4n) is 2.38. The van der Waals surface area contributed by atoms with E-state index in [-0.39, 0.29) is 29.8 Å². The van der Waals surface area contributed by atoms with Crippen molar-refractivity contribution in [2.45, 2.75) is 56.3 Å². The molecule has 0 atom stereocenters. The highest BCUT2D eigenvalue weighted by Gasteiger charge is 2.28. The van der Waals surface area contributed by atoms with Crippen molar-refractivity contribution < 1.29 is 27.6 Å². The van der Waals surface area contributed by atoms with Crippen molar-refractivity contribution in [1.82, 2.24) is 4.31 Å². The van der Waals surface area contributed by atoms with Crippen molar-refractivity contribution in [2.24, 2.45) is 0 Å². The largest absolute Gasteiger partial charge is 0.490 e. The lowest BCUT2D eigenvalue weighted by Crippen LogP contribution is -2.36. The second kappa shape index (κ2) is 11.5. The second-order valence-corrected chi connectivity index (χ2v) is 22.9. The molecule has 0 saturated heterocycles. The van der Waals surface area contributed by atoms with Crippen molar-refractivity contribution >= 4 is 31.9 Å². The Morgan fingerprint density at radius 2 is 1.45 bits per heavy atom. The summed E-state index contributed by atoms with van der Waals surface area (Å²) in [5, 5.41) is 11.1. The molecule has 0 unspecified atom stereocenters. The number of hydrogen-bond donors (Lipinski definition) is 0. The Hall–Kier alpha value is -1.32. The average molecular weight is 493 g/mol. The van der Waals surface area contributed by atoms with Gasteiger partial charge in [-0.15, -0.1) is 4.31 Å². The normalized spacial score (nSPS) is 12.9. The van der Waals surface area contributed by atoms with E-state index in [1.807, 2.05) is 0 Å². The average Bonchev–Trinajstić information content (AvgIpc) is 2.64. The second-order valence-electron chi connectivity index (χ2n) is 9.74. The van der Waals surface area contributed by atoms with Crippen LogP contribution in [-0.4, -0.2) is 67.6 Å². The van der Waals surface area contributed by atoms with Crippen molar-refractivity contribution in [3.05, 3.63) is 28.3 Å². The van der Waals surface area contributed by atoms with E-state index in [4.69, 9.17) is 14.2 Å². The third kappa shape index (κ3) is 9.79. The van der Waals surface area contributed by atoms with Crippen LogP contribution >= 0.6 is 0 Å². The summed E-state index contributed by atoms with van der Waals surface area (Å²) in [6.45, 7) is 13.9. The van der Waals surface area contributed by atoms with Gasteiger partial charge in [-0.1, -0.05) is 39.3 Å². The molecule has 0 bridgehead atoms. The summed E-state index contributed by atoms with van der Waals surface area (Å²) in [6.07, 6.45) is 0. The van der Waals surface area contributed by atoms with E-state index in [9.17, 15) is 18.5 Å². The number of rotatable bonds is 14. The Morgan fingerprint density at radius 1 is 0.968 bits per heavy atom. The number of nitro benzene ring substituents is 1. The van der Waals surface area contributed by atoms with Gasteiger partial charge in [-0.2, -0.15) is 0 Å². The molecule has 0 radical (unpaired) electrons. The molecular formula is C19H36N2O7SSi2. The summed E-state index contributed by atoms with van der Waals surface area (Å²) in [6, 6.07) is 5.30. The first-order chi connectivity index (χ1) is 14.2. The lowest BCUT2D eigenvalue weighted by atomic mass is 10.3. The van der Waals surface area contributed by atoms with Gasteiger partial charge in [-0.3, -0.25) is 10.1 Å². The van der Waals surface area contributed by atoms with Gasteiger partial charge in [-0.25, -0.2) is 8.42 Å². The molecule has 0 spiro atoms. The predicted molar refractivity (Wildman–Crippen MR) is 127 cm³/mol. The lowest BCUT2D eigenvalue weighted by molar-refractivity contribution is -0.385. The number of methoxy groups -OCH3 is 1. The number of ether oxygens (including phenoxy) is 3. The van der Waals surface area contributed by atoms with Crippen molar-refractivity contribution in [2.75, 3.05) is 33.8 Å². The molecule has 178 valence electrons. The maximum atomic E-state index is 13.2. The van der Waals surface area contributed by atoms with Gasteiger partial charge in [0, 0.05) is 41.5 Å². The maximum absolute atomic E-state index is 13.2. The van der Waals surface area contributed by atoms with E-state index in [0.717, 1.165) is 28.5 Å². The molecule has 0 aromatic heterocycles. The summed E-state index contributed by atoms with van der Waals surface area (Å²) < 4.78 is 43.9. The Morgan fingerprint density at radius 3 is 1.84 bits per heavy atom. The van der Waals surface area contributed by atoms with Crippen LogP contribution in [-0.2, 0) is 19.5 Å². The molecule has 0 aliphatic carbocycles. The smallest absolute Gasteiger partial charge is 0.310 e. The van der Waals surface area contributed by atoms with Crippen molar-refractivity contribution in [3.8, 4) is 5.75 Å². The highest BCUT2D eigenvalue weighted by atomic mass is 32.2. The molecule has 0 amide bonds. The molecule has 0 saturated carbocycles. The lowest BCUT2D eigenvalue weighted by Gasteiger charge is -2.24. The molecule has 0 aliphatic rings. The SMILES string of the molecule is COc1cc(S(=O)(=O)N(COCC[Si](C)(C)C)COCC[Si](C)(C)C)ccc1[N+](=O)[O-]. The molecule has 1 rings (SSSR count). The third-order valence-corrected chi connectivity index (χ3v) is 9.60. The molecule has 0 N–H and O–H groups in total. The van der Waals surface area contributed by atoms with Crippen LogP contribution < -0.4 is 4.74 Å².